The van der Waals surface area contributed by atoms with Crippen LogP contribution in [0.5, 0.6) is 11.5 Å². The van der Waals surface area contributed by atoms with Gasteiger partial charge in [0.15, 0.2) is 11.5 Å². The van der Waals surface area contributed by atoms with E-state index in [9.17, 15) is 0 Å². The van der Waals surface area contributed by atoms with Crippen molar-refractivity contribution in [1.82, 2.24) is 20.7 Å². The Hall–Kier alpha value is -2.08. The maximum atomic E-state index is 5.64. The average molecular weight is 274 g/mol. The number of aromatic nitrogens is 3. The van der Waals surface area contributed by atoms with E-state index in [1.54, 1.807) is 6.20 Å². The number of benzene rings is 1. The van der Waals surface area contributed by atoms with Gasteiger partial charge in [0, 0.05) is 0 Å². The molecule has 106 valence electrons. The summed E-state index contributed by atoms with van der Waals surface area (Å²) in [6.45, 7) is 4.24. The minimum atomic E-state index is 0.00419. The van der Waals surface area contributed by atoms with Crippen LogP contribution in [-0.4, -0.2) is 35.2 Å². The second-order valence-electron chi connectivity index (χ2n) is 4.69. The van der Waals surface area contributed by atoms with Gasteiger partial charge in [-0.25, -0.2) is 0 Å². The molecule has 0 saturated heterocycles. The highest BCUT2D eigenvalue weighted by atomic mass is 16.6. The minimum absolute atomic E-state index is 0.00419. The largest absolute Gasteiger partial charge is 0.486 e. The van der Waals surface area contributed by atoms with Gasteiger partial charge in [0.25, 0.3) is 0 Å². The van der Waals surface area contributed by atoms with Gasteiger partial charge >= 0.3 is 0 Å². The number of nitrogens with zero attached hydrogens (tertiary/aromatic N) is 2. The number of aromatic amines is 1. The van der Waals surface area contributed by atoms with Gasteiger partial charge in [-0.3, -0.25) is 0 Å². The number of fused-ring (bicyclic) bond motifs is 1. The van der Waals surface area contributed by atoms with Crippen LogP contribution in [0.25, 0.3) is 0 Å². The van der Waals surface area contributed by atoms with E-state index in [0.717, 1.165) is 35.7 Å². The van der Waals surface area contributed by atoms with Crippen LogP contribution in [0.4, 0.5) is 0 Å². The summed E-state index contributed by atoms with van der Waals surface area (Å²) in [6, 6.07) is 6.00. The molecule has 1 aliphatic heterocycles. The van der Waals surface area contributed by atoms with Crippen molar-refractivity contribution in [2.75, 3.05) is 19.8 Å². The Bertz CT molecular complexity index is 556. The van der Waals surface area contributed by atoms with Crippen LogP contribution < -0.4 is 14.8 Å². The zero-order valence-electron chi connectivity index (χ0n) is 11.4. The maximum Gasteiger partial charge on any atom is 0.161 e. The van der Waals surface area contributed by atoms with Crippen molar-refractivity contribution in [2.24, 2.45) is 0 Å². The molecule has 0 bridgehead atoms. The summed E-state index contributed by atoms with van der Waals surface area (Å²) in [7, 11) is 0. The summed E-state index contributed by atoms with van der Waals surface area (Å²) in [5.41, 5.74) is 1.96. The van der Waals surface area contributed by atoms with Crippen molar-refractivity contribution in [3.8, 4) is 11.5 Å². The van der Waals surface area contributed by atoms with E-state index in [1.807, 2.05) is 18.2 Å². The van der Waals surface area contributed by atoms with Crippen molar-refractivity contribution in [3.05, 3.63) is 35.7 Å². The summed E-state index contributed by atoms with van der Waals surface area (Å²) in [5, 5.41) is 14.2. The second kappa shape index (κ2) is 5.92. The van der Waals surface area contributed by atoms with Crippen molar-refractivity contribution >= 4 is 0 Å². The summed E-state index contributed by atoms with van der Waals surface area (Å²) < 4.78 is 11.2. The summed E-state index contributed by atoms with van der Waals surface area (Å²) in [6.07, 6.45) is 2.79. The lowest BCUT2D eigenvalue weighted by Gasteiger charge is -2.22. The highest BCUT2D eigenvalue weighted by molar-refractivity contribution is 5.45. The molecule has 1 aliphatic rings. The number of rotatable bonds is 5. The van der Waals surface area contributed by atoms with Gasteiger partial charge in [-0.2, -0.15) is 15.4 Å². The fourth-order valence-electron chi connectivity index (χ4n) is 2.27. The topological polar surface area (TPSA) is 72.1 Å². The summed E-state index contributed by atoms with van der Waals surface area (Å²) in [4.78, 5) is 0. The number of H-pyrrole nitrogens is 1. The first-order valence-electron chi connectivity index (χ1n) is 6.87. The van der Waals surface area contributed by atoms with Crippen molar-refractivity contribution in [3.63, 3.8) is 0 Å². The molecule has 2 N–H and O–H groups in total. The van der Waals surface area contributed by atoms with Crippen LogP contribution in [0, 0.1) is 0 Å². The zero-order chi connectivity index (χ0) is 13.8. The summed E-state index contributed by atoms with van der Waals surface area (Å²) in [5.74, 6) is 1.59. The molecule has 0 aliphatic carbocycles. The van der Waals surface area contributed by atoms with Gasteiger partial charge < -0.3 is 14.8 Å². The van der Waals surface area contributed by atoms with Gasteiger partial charge in [-0.1, -0.05) is 13.0 Å². The Morgan fingerprint density at radius 2 is 2.15 bits per heavy atom. The second-order valence-corrected chi connectivity index (χ2v) is 4.69. The third-order valence-electron chi connectivity index (χ3n) is 3.23. The van der Waals surface area contributed by atoms with Gasteiger partial charge in [0.1, 0.15) is 18.9 Å². The molecule has 0 amide bonds. The van der Waals surface area contributed by atoms with Gasteiger partial charge in [-0.05, 0) is 30.7 Å². The Balaban J connectivity index is 1.90. The molecule has 0 saturated carbocycles. The zero-order valence-corrected chi connectivity index (χ0v) is 11.4. The molecule has 1 atom stereocenters. The highest BCUT2D eigenvalue weighted by Crippen LogP contribution is 2.33. The van der Waals surface area contributed by atoms with E-state index >= 15 is 0 Å². The number of hydrogen-bond donors (Lipinski definition) is 2. The molecular formula is C14H18N4O2. The molecule has 6 heteroatoms. The molecule has 1 aromatic carbocycles. The van der Waals surface area contributed by atoms with Crippen LogP contribution in [0.2, 0.25) is 0 Å². The molecule has 0 spiro atoms. The predicted molar refractivity (Wildman–Crippen MR) is 74.0 cm³/mol. The van der Waals surface area contributed by atoms with E-state index in [2.05, 4.69) is 27.7 Å². The van der Waals surface area contributed by atoms with E-state index < -0.39 is 0 Å². The van der Waals surface area contributed by atoms with Crippen LogP contribution in [0.15, 0.2) is 24.4 Å². The van der Waals surface area contributed by atoms with E-state index in [1.165, 1.54) is 0 Å². The monoisotopic (exact) mass is 274 g/mol. The molecule has 3 rings (SSSR count). The first kappa shape index (κ1) is 12.9. The van der Waals surface area contributed by atoms with Crippen LogP contribution >= 0.6 is 0 Å². The van der Waals surface area contributed by atoms with Crippen molar-refractivity contribution in [1.29, 1.82) is 0 Å². The van der Waals surface area contributed by atoms with Gasteiger partial charge in [-0.15, -0.1) is 0 Å². The first-order valence-corrected chi connectivity index (χ1v) is 6.87. The number of hydrogen-bond acceptors (Lipinski definition) is 5. The number of nitrogens with one attached hydrogen (secondary N) is 2. The van der Waals surface area contributed by atoms with Crippen molar-refractivity contribution in [2.45, 2.75) is 19.4 Å². The number of ether oxygens (including phenoxy) is 2. The third kappa shape index (κ3) is 2.60. The van der Waals surface area contributed by atoms with E-state index in [0.29, 0.717) is 13.2 Å². The standard InChI is InChI=1S/C14H18N4O2/c1-2-5-15-14(11-9-16-18-17-11)10-3-4-12-13(8-10)20-7-6-19-12/h3-4,8-9,14-15H,2,5-7H2,1H3,(H,16,17,18). The SMILES string of the molecule is CCCNC(c1ccc2c(c1)OCCO2)c1cn[nH]n1. The Kier molecular flexibility index (Phi) is 3.83. The Morgan fingerprint density at radius 1 is 1.30 bits per heavy atom. The normalized spacial score (nSPS) is 15.1. The highest BCUT2D eigenvalue weighted by Gasteiger charge is 2.19. The smallest absolute Gasteiger partial charge is 0.161 e. The molecule has 0 radical (unpaired) electrons. The molecule has 6 nitrogen and oxygen atoms in total. The Labute approximate surface area is 117 Å². The van der Waals surface area contributed by atoms with Crippen LogP contribution in [0.3, 0.4) is 0 Å². The minimum Gasteiger partial charge on any atom is -0.486 e. The van der Waals surface area contributed by atoms with E-state index in [4.69, 9.17) is 9.47 Å². The maximum absolute atomic E-state index is 5.64. The fourth-order valence-corrected chi connectivity index (χ4v) is 2.27. The molecule has 2 aromatic rings. The van der Waals surface area contributed by atoms with Gasteiger partial charge in [0.05, 0.1) is 12.2 Å². The first-order chi connectivity index (χ1) is 9.88. The predicted octanol–water partition coefficient (Wildman–Crippen LogP) is 1.66. The van der Waals surface area contributed by atoms with Crippen LogP contribution in [0.1, 0.15) is 30.6 Å². The molecular weight excluding hydrogens is 256 g/mol. The lowest BCUT2D eigenvalue weighted by Crippen LogP contribution is -2.24. The quantitative estimate of drug-likeness (QED) is 0.867. The molecule has 1 aromatic heterocycles. The molecule has 2 heterocycles. The van der Waals surface area contributed by atoms with Crippen molar-refractivity contribution < 1.29 is 9.47 Å². The lowest BCUT2D eigenvalue weighted by atomic mass is 10.0. The average Bonchev–Trinajstić information content (AvgIpc) is 3.02. The third-order valence-corrected chi connectivity index (χ3v) is 3.23. The fraction of sp³-hybridized carbons (Fsp3) is 0.429. The molecule has 1 unspecified atom stereocenters. The van der Waals surface area contributed by atoms with E-state index in [-0.39, 0.29) is 6.04 Å². The Morgan fingerprint density at radius 3 is 2.90 bits per heavy atom. The van der Waals surface area contributed by atoms with Crippen LogP contribution in [-0.2, 0) is 0 Å². The summed E-state index contributed by atoms with van der Waals surface area (Å²) >= 11 is 0. The lowest BCUT2D eigenvalue weighted by molar-refractivity contribution is 0.171. The molecule has 20 heavy (non-hydrogen) atoms. The molecule has 0 fully saturated rings. The van der Waals surface area contributed by atoms with Gasteiger partial charge in [0.2, 0.25) is 0 Å².